The van der Waals surface area contributed by atoms with Crippen LogP contribution in [0, 0.1) is 0 Å². The molecule has 0 saturated heterocycles. The summed E-state index contributed by atoms with van der Waals surface area (Å²) in [6, 6.07) is 7.13. The van der Waals surface area contributed by atoms with Crippen LogP contribution in [0.25, 0.3) is 5.65 Å². The van der Waals surface area contributed by atoms with Crippen LogP contribution >= 0.6 is 0 Å². The molecule has 0 atom stereocenters. The third-order valence-electron chi connectivity index (χ3n) is 2.26. The van der Waals surface area contributed by atoms with Crippen LogP contribution < -0.4 is 10.5 Å². The summed E-state index contributed by atoms with van der Waals surface area (Å²) in [6.45, 7) is 0. The van der Waals surface area contributed by atoms with E-state index in [1.807, 2.05) is 6.07 Å². The minimum absolute atomic E-state index is 0.399. The zero-order valence-corrected chi connectivity index (χ0v) is 8.82. The first kappa shape index (κ1) is 9.59. The fourth-order valence-corrected chi connectivity index (χ4v) is 1.50. The lowest BCUT2D eigenvalue weighted by Gasteiger charge is -2.05. The Morgan fingerprint density at radius 2 is 2.24 bits per heavy atom. The smallest absolute Gasteiger partial charge is 0.265 e. The van der Waals surface area contributed by atoms with Crippen LogP contribution in [0.3, 0.4) is 0 Å². The highest BCUT2D eigenvalue weighted by Gasteiger charge is 2.07. The van der Waals surface area contributed by atoms with E-state index in [2.05, 4.69) is 15.2 Å². The van der Waals surface area contributed by atoms with E-state index in [0.717, 1.165) is 0 Å². The number of fused-ring (bicyclic) bond motifs is 1. The van der Waals surface area contributed by atoms with Gasteiger partial charge in [-0.1, -0.05) is 6.07 Å². The molecule has 1 aromatic carbocycles. The molecule has 0 aliphatic carbocycles. The monoisotopic (exact) mass is 227 g/mol. The van der Waals surface area contributed by atoms with E-state index in [4.69, 9.17) is 10.5 Å². The van der Waals surface area contributed by atoms with Crippen molar-refractivity contribution >= 4 is 11.3 Å². The molecule has 0 spiro atoms. The minimum Gasteiger partial charge on any atom is -0.436 e. The standard InChI is InChI=1S/C11H9N5O/c12-8-2-1-3-9(6-8)17-11-10-15-14-7-16(10)5-4-13-11/h1-7H,12H2. The molecule has 17 heavy (non-hydrogen) atoms. The molecule has 84 valence electrons. The van der Waals surface area contributed by atoms with Gasteiger partial charge in [-0.15, -0.1) is 10.2 Å². The van der Waals surface area contributed by atoms with Gasteiger partial charge in [-0.3, -0.25) is 4.40 Å². The second-order valence-electron chi connectivity index (χ2n) is 3.47. The van der Waals surface area contributed by atoms with Gasteiger partial charge in [-0.25, -0.2) is 4.98 Å². The van der Waals surface area contributed by atoms with Gasteiger partial charge in [0, 0.05) is 24.1 Å². The van der Waals surface area contributed by atoms with Gasteiger partial charge in [0.1, 0.15) is 12.1 Å². The quantitative estimate of drug-likeness (QED) is 0.671. The second kappa shape index (κ2) is 3.75. The molecule has 0 saturated carbocycles. The molecular weight excluding hydrogens is 218 g/mol. The lowest BCUT2D eigenvalue weighted by molar-refractivity contribution is 0.465. The minimum atomic E-state index is 0.399. The predicted molar refractivity (Wildman–Crippen MR) is 61.7 cm³/mol. The van der Waals surface area contributed by atoms with Crippen molar-refractivity contribution in [2.24, 2.45) is 0 Å². The Morgan fingerprint density at radius 3 is 3.12 bits per heavy atom. The largest absolute Gasteiger partial charge is 0.436 e. The molecule has 0 aliphatic heterocycles. The number of nitrogens with zero attached hydrogens (tertiary/aromatic N) is 4. The number of aromatic nitrogens is 4. The summed E-state index contributed by atoms with van der Waals surface area (Å²) >= 11 is 0. The first-order valence-electron chi connectivity index (χ1n) is 5.01. The molecule has 0 bridgehead atoms. The lowest BCUT2D eigenvalue weighted by atomic mass is 10.3. The molecular formula is C11H9N5O. The second-order valence-corrected chi connectivity index (χ2v) is 3.47. The number of nitrogens with two attached hydrogens (primary N) is 1. The van der Waals surface area contributed by atoms with Crippen molar-refractivity contribution in [2.75, 3.05) is 5.73 Å². The first-order valence-corrected chi connectivity index (χ1v) is 5.01. The van der Waals surface area contributed by atoms with E-state index in [-0.39, 0.29) is 0 Å². The zero-order chi connectivity index (χ0) is 11.7. The summed E-state index contributed by atoms with van der Waals surface area (Å²) in [5.74, 6) is 1.02. The summed E-state index contributed by atoms with van der Waals surface area (Å²) in [5, 5.41) is 7.72. The van der Waals surface area contributed by atoms with Crippen molar-refractivity contribution in [3.05, 3.63) is 43.0 Å². The van der Waals surface area contributed by atoms with Gasteiger partial charge in [-0.05, 0) is 12.1 Å². The molecule has 2 heterocycles. The Bertz CT molecular complexity index is 664. The zero-order valence-electron chi connectivity index (χ0n) is 8.82. The van der Waals surface area contributed by atoms with Crippen molar-refractivity contribution in [1.29, 1.82) is 0 Å². The summed E-state index contributed by atoms with van der Waals surface area (Å²) < 4.78 is 7.35. The fraction of sp³-hybridized carbons (Fsp3) is 0. The van der Waals surface area contributed by atoms with E-state index in [0.29, 0.717) is 23.0 Å². The van der Waals surface area contributed by atoms with Gasteiger partial charge in [0.15, 0.2) is 0 Å². The summed E-state index contributed by atoms with van der Waals surface area (Å²) in [7, 11) is 0. The first-order chi connectivity index (χ1) is 8.33. The lowest BCUT2D eigenvalue weighted by Crippen LogP contribution is -1.93. The van der Waals surface area contributed by atoms with E-state index in [9.17, 15) is 0 Å². The van der Waals surface area contributed by atoms with Gasteiger partial charge in [-0.2, -0.15) is 0 Å². The highest BCUT2D eigenvalue weighted by atomic mass is 16.5. The molecule has 0 unspecified atom stereocenters. The van der Waals surface area contributed by atoms with Crippen LogP contribution in [0.1, 0.15) is 0 Å². The van der Waals surface area contributed by atoms with Gasteiger partial charge in [0.25, 0.3) is 5.88 Å². The van der Waals surface area contributed by atoms with Gasteiger partial charge < -0.3 is 10.5 Å². The topological polar surface area (TPSA) is 78.3 Å². The molecule has 0 fully saturated rings. The van der Waals surface area contributed by atoms with E-state index >= 15 is 0 Å². The van der Waals surface area contributed by atoms with Crippen LogP contribution in [0.15, 0.2) is 43.0 Å². The van der Waals surface area contributed by atoms with E-state index in [1.165, 1.54) is 0 Å². The molecule has 6 nitrogen and oxygen atoms in total. The van der Waals surface area contributed by atoms with Crippen molar-refractivity contribution in [3.63, 3.8) is 0 Å². The molecule has 0 radical (unpaired) electrons. The number of hydrogen-bond acceptors (Lipinski definition) is 5. The summed E-state index contributed by atoms with van der Waals surface area (Å²) in [5.41, 5.74) is 6.87. The van der Waals surface area contributed by atoms with Crippen LogP contribution in [0.5, 0.6) is 11.6 Å². The third kappa shape index (κ3) is 1.76. The number of nitrogen functional groups attached to an aromatic ring is 1. The molecule has 2 N–H and O–H groups in total. The Labute approximate surface area is 96.7 Å². The predicted octanol–water partition coefficient (Wildman–Crippen LogP) is 1.50. The van der Waals surface area contributed by atoms with Crippen molar-refractivity contribution in [3.8, 4) is 11.6 Å². The maximum absolute atomic E-state index is 5.67. The van der Waals surface area contributed by atoms with Crippen LogP contribution in [-0.4, -0.2) is 19.6 Å². The molecule has 0 aliphatic rings. The highest BCUT2D eigenvalue weighted by Crippen LogP contribution is 2.23. The average Bonchev–Trinajstić information content (AvgIpc) is 2.78. The number of hydrogen-bond donors (Lipinski definition) is 1. The molecule has 0 amide bonds. The van der Waals surface area contributed by atoms with Crippen molar-refractivity contribution in [1.82, 2.24) is 19.6 Å². The highest BCUT2D eigenvalue weighted by molar-refractivity contribution is 5.51. The van der Waals surface area contributed by atoms with Crippen molar-refractivity contribution in [2.45, 2.75) is 0 Å². The summed E-state index contributed by atoms with van der Waals surface area (Å²) in [4.78, 5) is 4.12. The Kier molecular flexibility index (Phi) is 2.11. The van der Waals surface area contributed by atoms with Gasteiger partial charge in [0.2, 0.25) is 5.65 Å². The third-order valence-corrected chi connectivity index (χ3v) is 2.26. The average molecular weight is 227 g/mol. The Morgan fingerprint density at radius 1 is 1.29 bits per heavy atom. The maximum Gasteiger partial charge on any atom is 0.265 e. The Balaban J connectivity index is 2.02. The SMILES string of the molecule is Nc1cccc(Oc2nccn3cnnc23)c1. The molecule has 6 heteroatoms. The Hall–Kier alpha value is -2.63. The number of anilines is 1. The summed E-state index contributed by atoms with van der Waals surface area (Å²) in [6.07, 6.45) is 4.96. The number of ether oxygens (including phenoxy) is 1. The van der Waals surface area contributed by atoms with Crippen LogP contribution in [-0.2, 0) is 0 Å². The molecule has 3 aromatic rings. The number of rotatable bonds is 2. The molecule has 3 rings (SSSR count). The molecule has 2 aromatic heterocycles. The van der Waals surface area contributed by atoms with Crippen molar-refractivity contribution < 1.29 is 4.74 Å². The van der Waals surface area contributed by atoms with E-state index < -0.39 is 0 Å². The van der Waals surface area contributed by atoms with Gasteiger partial charge >= 0.3 is 0 Å². The van der Waals surface area contributed by atoms with Gasteiger partial charge in [0.05, 0.1) is 0 Å². The maximum atomic E-state index is 5.67. The van der Waals surface area contributed by atoms with Crippen LogP contribution in [0.4, 0.5) is 5.69 Å². The normalized spacial score (nSPS) is 10.6. The van der Waals surface area contributed by atoms with E-state index in [1.54, 1.807) is 41.3 Å². The fourth-order valence-electron chi connectivity index (χ4n) is 1.50. The van der Waals surface area contributed by atoms with Crippen LogP contribution in [0.2, 0.25) is 0 Å². The number of benzene rings is 1.